The van der Waals surface area contributed by atoms with Crippen LogP contribution in [0.1, 0.15) is 16.1 Å². The average Bonchev–Trinajstić information content (AvgIpc) is 2.98. The molecule has 3 aromatic rings. The Bertz CT molecular complexity index is 990. The van der Waals surface area contributed by atoms with Gasteiger partial charge in [-0.25, -0.2) is 4.79 Å². The maximum Gasteiger partial charge on any atom is 0.318 e. The molecule has 26 heavy (non-hydrogen) atoms. The topological polar surface area (TPSA) is 103 Å². The molecule has 0 aliphatic heterocycles. The maximum absolute atomic E-state index is 12.6. The van der Waals surface area contributed by atoms with Gasteiger partial charge in [0.2, 0.25) is 0 Å². The molecule has 0 unspecified atom stereocenters. The van der Waals surface area contributed by atoms with E-state index < -0.39 is 11.7 Å². The van der Waals surface area contributed by atoms with Crippen molar-refractivity contribution >= 4 is 40.0 Å². The summed E-state index contributed by atoms with van der Waals surface area (Å²) in [5.74, 6) is -1.32. The molecule has 0 saturated heterocycles. The highest BCUT2D eigenvalue weighted by atomic mass is 16.2. The van der Waals surface area contributed by atoms with E-state index in [9.17, 15) is 14.4 Å². The number of benzene rings is 2. The van der Waals surface area contributed by atoms with Crippen molar-refractivity contribution in [1.82, 2.24) is 10.3 Å². The van der Waals surface area contributed by atoms with E-state index in [2.05, 4.69) is 20.9 Å². The van der Waals surface area contributed by atoms with Gasteiger partial charge in [-0.05, 0) is 37.3 Å². The van der Waals surface area contributed by atoms with Gasteiger partial charge in [-0.2, -0.15) is 0 Å². The largest absolute Gasteiger partial charge is 0.358 e. The molecule has 2 aromatic carbocycles. The predicted molar refractivity (Wildman–Crippen MR) is 101 cm³/mol. The van der Waals surface area contributed by atoms with Crippen LogP contribution in [0.25, 0.3) is 10.9 Å². The second-order valence-electron chi connectivity index (χ2n) is 5.74. The SMILES string of the molecule is CNC(=O)Nc1ccc(NC(=O)C(=O)c2c(C)[nH]c3ccccc23)cc1. The van der Waals surface area contributed by atoms with Crippen molar-refractivity contribution in [2.24, 2.45) is 0 Å². The summed E-state index contributed by atoms with van der Waals surface area (Å²) in [6.45, 7) is 1.76. The van der Waals surface area contributed by atoms with Crippen molar-refractivity contribution in [3.05, 3.63) is 59.8 Å². The predicted octanol–water partition coefficient (Wildman–Crippen LogP) is 3.05. The molecule has 0 atom stereocenters. The molecule has 0 fully saturated rings. The van der Waals surface area contributed by atoms with Crippen molar-refractivity contribution in [2.75, 3.05) is 17.7 Å². The molecule has 1 heterocycles. The first kappa shape index (κ1) is 17.2. The van der Waals surface area contributed by atoms with Gasteiger partial charge in [-0.15, -0.1) is 0 Å². The van der Waals surface area contributed by atoms with Crippen LogP contribution in [0.15, 0.2) is 48.5 Å². The number of urea groups is 1. The molecule has 132 valence electrons. The van der Waals surface area contributed by atoms with E-state index in [0.29, 0.717) is 22.6 Å². The summed E-state index contributed by atoms with van der Waals surface area (Å²) >= 11 is 0. The lowest BCUT2D eigenvalue weighted by Crippen LogP contribution is -2.24. The molecule has 0 aliphatic carbocycles. The van der Waals surface area contributed by atoms with Crippen molar-refractivity contribution in [3.8, 4) is 0 Å². The van der Waals surface area contributed by atoms with Crippen LogP contribution in [0.3, 0.4) is 0 Å². The molecule has 4 N–H and O–H groups in total. The number of aryl methyl sites for hydroxylation is 1. The number of hydrogen-bond acceptors (Lipinski definition) is 3. The molecule has 3 amide bonds. The molecule has 3 rings (SSSR count). The Kier molecular flexibility index (Phi) is 4.70. The number of aromatic nitrogens is 1. The first-order valence-electron chi connectivity index (χ1n) is 8.01. The van der Waals surface area contributed by atoms with Gasteiger partial charge >= 0.3 is 6.03 Å². The summed E-state index contributed by atoms with van der Waals surface area (Å²) < 4.78 is 0. The molecule has 7 nitrogen and oxygen atoms in total. The normalized spacial score (nSPS) is 10.4. The fraction of sp³-hybridized carbons (Fsp3) is 0.105. The van der Waals surface area contributed by atoms with Crippen LogP contribution >= 0.6 is 0 Å². The highest BCUT2D eigenvalue weighted by Crippen LogP contribution is 2.23. The van der Waals surface area contributed by atoms with Crippen LogP contribution < -0.4 is 16.0 Å². The summed E-state index contributed by atoms with van der Waals surface area (Å²) in [7, 11) is 1.52. The zero-order valence-electron chi connectivity index (χ0n) is 14.3. The summed E-state index contributed by atoms with van der Waals surface area (Å²) in [5, 5.41) is 8.36. The fourth-order valence-corrected chi connectivity index (χ4v) is 2.70. The first-order chi connectivity index (χ1) is 12.5. The zero-order chi connectivity index (χ0) is 18.7. The standard InChI is InChI=1S/C19H18N4O3/c1-11-16(14-5-3-4-6-15(14)21-11)17(24)18(25)22-12-7-9-13(10-8-12)23-19(26)20-2/h3-10,21H,1-2H3,(H,22,25)(H2,20,23,26). The van der Waals surface area contributed by atoms with Gasteiger partial charge in [-0.3, -0.25) is 9.59 Å². The van der Waals surface area contributed by atoms with E-state index in [1.54, 1.807) is 37.3 Å². The minimum Gasteiger partial charge on any atom is -0.358 e. The number of carbonyl (C=O) groups excluding carboxylic acids is 3. The highest BCUT2D eigenvalue weighted by molar-refractivity contribution is 6.48. The molecule has 0 saturated carbocycles. The number of nitrogens with one attached hydrogen (secondary N) is 4. The van der Waals surface area contributed by atoms with E-state index in [4.69, 9.17) is 0 Å². The summed E-state index contributed by atoms with van der Waals surface area (Å²) in [5.41, 5.74) is 2.86. The van der Waals surface area contributed by atoms with Crippen molar-refractivity contribution in [2.45, 2.75) is 6.92 Å². The molecular weight excluding hydrogens is 332 g/mol. The van der Waals surface area contributed by atoms with Gasteiger partial charge in [0.1, 0.15) is 0 Å². The smallest absolute Gasteiger partial charge is 0.318 e. The number of Topliss-reactive ketones (excluding diaryl/α,β-unsaturated/α-hetero) is 1. The van der Waals surface area contributed by atoms with Crippen LogP contribution in [0.4, 0.5) is 16.2 Å². The molecule has 0 radical (unpaired) electrons. The summed E-state index contributed by atoms with van der Waals surface area (Å²) in [6.07, 6.45) is 0. The molecule has 1 aromatic heterocycles. The van der Waals surface area contributed by atoms with E-state index in [1.165, 1.54) is 7.05 Å². The number of aromatic amines is 1. The number of rotatable bonds is 4. The number of carbonyl (C=O) groups is 3. The van der Waals surface area contributed by atoms with Gasteiger partial charge in [0.15, 0.2) is 0 Å². The van der Waals surface area contributed by atoms with Crippen molar-refractivity contribution in [3.63, 3.8) is 0 Å². The Morgan fingerprint density at radius 3 is 2.15 bits per heavy atom. The highest BCUT2D eigenvalue weighted by Gasteiger charge is 2.22. The number of amides is 3. The summed E-state index contributed by atoms with van der Waals surface area (Å²) in [6, 6.07) is 13.5. The van der Waals surface area contributed by atoms with Gasteiger partial charge in [0.05, 0.1) is 5.56 Å². The monoisotopic (exact) mass is 350 g/mol. The Morgan fingerprint density at radius 2 is 1.50 bits per heavy atom. The Labute approximate surface area is 149 Å². The lowest BCUT2D eigenvalue weighted by Gasteiger charge is -2.07. The molecule has 0 aliphatic rings. The van der Waals surface area contributed by atoms with Gasteiger partial charge < -0.3 is 20.9 Å². The molecule has 0 spiro atoms. The number of anilines is 2. The zero-order valence-corrected chi connectivity index (χ0v) is 14.3. The Hall–Kier alpha value is -3.61. The van der Waals surface area contributed by atoms with E-state index >= 15 is 0 Å². The van der Waals surface area contributed by atoms with E-state index in [1.807, 2.05) is 18.2 Å². The third-order valence-corrected chi connectivity index (χ3v) is 3.95. The van der Waals surface area contributed by atoms with Crippen LogP contribution in [-0.2, 0) is 4.79 Å². The second-order valence-corrected chi connectivity index (χ2v) is 5.74. The number of ketones is 1. The molecule has 0 bridgehead atoms. The quantitative estimate of drug-likeness (QED) is 0.429. The average molecular weight is 350 g/mol. The first-order valence-corrected chi connectivity index (χ1v) is 8.01. The van der Waals surface area contributed by atoms with Gasteiger partial charge in [-0.1, -0.05) is 18.2 Å². The third-order valence-electron chi connectivity index (χ3n) is 3.95. The van der Waals surface area contributed by atoms with Gasteiger partial charge in [0, 0.05) is 35.0 Å². The van der Waals surface area contributed by atoms with E-state index in [0.717, 1.165) is 10.9 Å². The van der Waals surface area contributed by atoms with Crippen molar-refractivity contribution in [1.29, 1.82) is 0 Å². The minimum absolute atomic E-state index is 0.341. The third kappa shape index (κ3) is 3.41. The summed E-state index contributed by atoms with van der Waals surface area (Å²) in [4.78, 5) is 39.3. The van der Waals surface area contributed by atoms with Gasteiger partial charge in [0.25, 0.3) is 11.7 Å². The fourth-order valence-electron chi connectivity index (χ4n) is 2.70. The second kappa shape index (κ2) is 7.10. The van der Waals surface area contributed by atoms with Crippen LogP contribution in [0.2, 0.25) is 0 Å². The van der Waals surface area contributed by atoms with Crippen LogP contribution in [0, 0.1) is 6.92 Å². The molecule has 7 heteroatoms. The Balaban J connectivity index is 1.76. The lowest BCUT2D eigenvalue weighted by molar-refractivity contribution is -0.112. The van der Waals surface area contributed by atoms with E-state index in [-0.39, 0.29) is 6.03 Å². The van der Waals surface area contributed by atoms with Crippen molar-refractivity contribution < 1.29 is 14.4 Å². The number of fused-ring (bicyclic) bond motifs is 1. The lowest BCUT2D eigenvalue weighted by atomic mass is 10.1. The number of H-pyrrole nitrogens is 1. The van der Waals surface area contributed by atoms with Crippen LogP contribution in [0.5, 0.6) is 0 Å². The van der Waals surface area contributed by atoms with Crippen LogP contribution in [-0.4, -0.2) is 29.8 Å². The minimum atomic E-state index is -0.718. The number of para-hydroxylation sites is 1. The molecular formula is C19H18N4O3. The number of hydrogen-bond donors (Lipinski definition) is 4. The maximum atomic E-state index is 12.6. The Morgan fingerprint density at radius 1 is 0.885 bits per heavy atom.